The van der Waals surface area contributed by atoms with Crippen LogP contribution in [0.1, 0.15) is 28.4 Å². The van der Waals surface area contributed by atoms with E-state index in [1.165, 1.54) is 43.4 Å². The number of benzene rings is 2. The molecule has 3 rings (SSSR count). The molecule has 1 aliphatic rings. The van der Waals surface area contributed by atoms with Gasteiger partial charge in [0, 0.05) is 18.8 Å². The average Bonchev–Trinajstić information content (AvgIpc) is 2.66. The summed E-state index contributed by atoms with van der Waals surface area (Å²) in [7, 11) is -2.69. The van der Waals surface area contributed by atoms with Crippen LogP contribution in [-0.2, 0) is 15.0 Å². The number of aromatic carboxylic acids is 1. The predicted molar refractivity (Wildman–Crippen MR) is 104 cm³/mol. The minimum atomic E-state index is -3.97. The van der Waals surface area contributed by atoms with E-state index in [4.69, 9.17) is 16.7 Å². The molecule has 1 saturated heterocycles. The zero-order chi connectivity index (χ0) is 21.3. The number of carboxylic acid groups (broad SMARTS) is 1. The first-order valence-electron chi connectivity index (χ1n) is 8.43. The van der Waals surface area contributed by atoms with Crippen molar-refractivity contribution in [2.45, 2.75) is 18.5 Å². The maximum atomic E-state index is 13.3. The Morgan fingerprint density at radius 2 is 1.90 bits per heavy atom. The van der Waals surface area contributed by atoms with E-state index in [1.54, 1.807) is 0 Å². The van der Waals surface area contributed by atoms with Gasteiger partial charge in [-0.2, -0.15) is 17.4 Å². The van der Waals surface area contributed by atoms with Crippen LogP contribution in [0.15, 0.2) is 42.5 Å². The molecule has 3 N–H and O–H groups in total. The maximum absolute atomic E-state index is 13.3. The van der Waals surface area contributed by atoms with Gasteiger partial charge in [-0.3, -0.25) is 4.79 Å². The Morgan fingerprint density at radius 3 is 2.48 bits per heavy atom. The van der Waals surface area contributed by atoms with E-state index >= 15 is 0 Å². The van der Waals surface area contributed by atoms with Gasteiger partial charge in [0.1, 0.15) is 11.9 Å². The van der Waals surface area contributed by atoms with Crippen LogP contribution >= 0.6 is 11.6 Å². The molecule has 2 atom stereocenters. The van der Waals surface area contributed by atoms with E-state index in [1.807, 2.05) is 0 Å². The highest BCUT2D eigenvalue weighted by Crippen LogP contribution is 2.29. The van der Waals surface area contributed by atoms with E-state index in [0.717, 1.165) is 10.4 Å². The zero-order valence-electron chi connectivity index (χ0n) is 15.1. The monoisotopic (exact) mass is 441 g/mol. The number of nitrogens with zero attached hydrogens (tertiary/aromatic N) is 1. The molecular formula is C18H17ClFN3O5S. The number of carbonyl (C=O) groups is 2. The molecule has 0 spiro atoms. The van der Waals surface area contributed by atoms with Crippen molar-refractivity contribution in [3.63, 3.8) is 0 Å². The number of hydrogen-bond donors (Lipinski definition) is 3. The number of carbonyl (C=O) groups excluding carboxylic acids is 1. The first-order chi connectivity index (χ1) is 13.6. The van der Waals surface area contributed by atoms with E-state index in [-0.39, 0.29) is 22.7 Å². The van der Waals surface area contributed by atoms with E-state index < -0.39 is 40.0 Å². The second-order valence-electron chi connectivity index (χ2n) is 6.49. The molecule has 1 heterocycles. The van der Waals surface area contributed by atoms with Gasteiger partial charge in [0.2, 0.25) is 5.91 Å². The molecule has 1 amide bonds. The molecule has 0 aliphatic carbocycles. The van der Waals surface area contributed by atoms with E-state index in [9.17, 15) is 22.4 Å². The second kappa shape index (κ2) is 8.07. The molecule has 0 saturated carbocycles. The number of anilines is 1. The van der Waals surface area contributed by atoms with Crippen molar-refractivity contribution < 1.29 is 27.5 Å². The van der Waals surface area contributed by atoms with Crippen molar-refractivity contribution in [3.8, 4) is 0 Å². The first kappa shape index (κ1) is 21.2. The summed E-state index contributed by atoms with van der Waals surface area (Å²) < 4.78 is 41.6. The summed E-state index contributed by atoms with van der Waals surface area (Å²) in [5, 5.41) is 11.4. The SMILES string of the molecule is CN1C(C(=O)Nc2ccc(F)c(Cl)c2)CC(c2ccc(C(=O)O)cc2)NS1(=O)=O. The molecule has 0 bridgehead atoms. The van der Waals surface area contributed by atoms with Crippen molar-refractivity contribution in [1.29, 1.82) is 0 Å². The largest absolute Gasteiger partial charge is 0.478 e. The quantitative estimate of drug-likeness (QED) is 0.673. The van der Waals surface area contributed by atoms with Crippen LogP contribution in [-0.4, -0.2) is 42.8 Å². The van der Waals surface area contributed by atoms with Crippen molar-refractivity contribution in [1.82, 2.24) is 9.03 Å². The summed E-state index contributed by atoms with van der Waals surface area (Å²) in [5.41, 5.74) is 0.814. The normalized spacial score (nSPS) is 21.5. The standard InChI is InChI=1S/C18H17ClFN3O5S/c1-23-16(17(24)21-12-6-7-14(20)13(19)8-12)9-15(22-29(23,27)28)10-2-4-11(5-3-10)18(25)26/h2-8,15-16,22H,9H2,1H3,(H,21,24)(H,25,26). The molecular weight excluding hydrogens is 425 g/mol. The number of carboxylic acids is 1. The lowest BCUT2D eigenvalue weighted by Crippen LogP contribution is -2.55. The third-order valence-electron chi connectivity index (χ3n) is 4.62. The Labute approximate surface area is 171 Å². The van der Waals surface area contributed by atoms with Gasteiger partial charge in [0.25, 0.3) is 10.2 Å². The minimum absolute atomic E-state index is 0.0621. The third-order valence-corrected chi connectivity index (χ3v) is 6.50. The van der Waals surface area contributed by atoms with Crippen molar-refractivity contribution in [3.05, 3.63) is 64.4 Å². The Bertz CT molecular complexity index is 1060. The number of nitrogens with one attached hydrogen (secondary N) is 2. The van der Waals surface area contributed by atoms with Gasteiger partial charge >= 0.3 is 5.97 Å². The van der Waals surface area contributed by atoms with Crippen molar-refractivity contribution in [2.24, 2.45) is 0 Å². The van der Waals surface area contributed by atoms with Gasteiger partial charge in [-0.25, -0.2) is 9.18 Å². The molecule has 2 aromatic rings. The molecule has 2 aromatic carbocycles. The lowest BCUT2D eigenvalue weighted by molar-refractivity contribution is -0.120. The molecule has 0 radical (unpaired) electrons. The number of likely N-dealkylation sites (N-methyl/N-ethyl adjacent to an activating group) is 1. The number of halogens is 2. The fourth-order valence-corrected chi connectivity index (χ4v) is 4.44. The third kappa shape index (κ3) is 4.56. The van der Waals surface area contributed by atoms with Gasteiger partial charge in [0.05, 0.1) is 10.6 Å². The molecule has 1 aliphatic heterocycles. The Morgan fingerprint density at radius 1 is 1.24 bits per heavy atom. The van der Waals surface area contributed by atoms with Crippen LogP contribution < -0.4 is 10.0 Å². The van der Waals surface area contributed by atoms with Crippen molar-refractivity contribution >= 4 is 39.4 Å². The summed E-state index contributed by atoms with van der Waals surface area (Å²) in [6.07, 6.45) is 0.100. The molecule has 8 nitrogen and oxygen atoms in total. The topological polar surface area (TPSA) is 116 Å². The predicted octanol–water partition coefficient (Wildman–Crippen LogP) is 2.40. The van der Waals surface area contributed by atoms with Crippen molar-refractivity contribution in [2.75, 3.05) is 12.4 Å². The van der Waals surface area contributed by atoms with Crippen LogP contribution in [0.4, 0.5) is 10.1 Å². The number of rotatable bonds is 4. The van der Waals surface area contributed by atoms with Gasteiger partial charge in [-0.05, 0) is 42.3 Å². The fraction of sp³-hybridized carbons (Fsp3) is 0.222. The minimum Gasteiger partial charge on any atom is -0.478 e. The van der Waals surface area contributed by atoms with E-state index in [2.05, 4.69) is 10.0 Å². The highest BCUT2D eigenvalue weighted by atomic mass is 35.5. The highest BCUT2D eigenvalue weighted by molar-refractivity contribution is 7.87. The second-order valence-corrected chi connectivity index (χ2v) is 8.66. The molecule has 154 valence electrons. The highest BCUT2D eigenvalue weighted by Gasteiger charge is 2.40. The summed E-state index contributed by atoms with van der Waals surface area (Å²) in [5.74, 6) is -2.35. The fourth-order valence-electron chi connectivity index (χ4n) is 2.98. The molecule has 1 fully saturated rings. The molecule has 2 unspecified atom stereocenters. The first-order valence-corrected chi connectivity index (χ1v) is 10.2. The van der Waals surface area contributed by atoms with Gasteiger partial charge in [0.15, 0.2) is 0 Å². The van der Waals surface area contributed by atoms with Crippen LogP contribution in [0.3, 0.4) is 0 Å². The maximum Gasteiger partial charge on any atom is 0.335 e. The summed E-state index contributed by atoms with van der Waals surface area (Å²) >= 11 is 5.71. The number of amides is 1. The zero-order valence-corrected chi connectivity index (χ0v) is 16.7. The van der Waals surface area contributed by atoms with Crippen LogP contribution in [0.25, 0.3) is 0 Å². The molecule has 11 heteroatoms. The summed E-state index contributed by atoms with van der Waals surface area (Å²) in [6, 6.07) is 7.57. The van der Waals surface area contributed by atoms with Crippen LogP contribution in [0.2, 0.25) is 5.02 Å². The molecule has 29 heavy (non-hydrogen) atoms. The summed E-state index contributed by atoms with van der Waals surface area (Å²) in [6.45, 7) is 0. The smallest absolute Gasteiger partial charge is 0.335 e. The number of hydrogen-bond acceptors (Lipinski definition) is 4. The van der Waals surface area contributed by atoms with E-state index in [0.29, 0.717) is 5.56 Å². The Balaban J connectivity index is 1.84. The van der Waals surface area contributed by atoms with Gasteiger partial charge in [-0.15, -0.1) is 0 Å². The van der Waals surface area contributed by atoms with Gasteiger partial charge < -0.3 is 10.4 Å². The van der Waals surface area contributed by atoms with Gasteiger partial charge in [-0.1, -0.05) is 23.7 Å². The Kier molecular flexibility index (Phi) is 5.90. The van der Waals surface area contributed by atoms with Crippen LogP contribution in [0.5, 0.6) is 0 Å². The lowest BCUT2D eigenvalue weighted by Gasteiger charge is -2.36. The Hall–Kier alpha value is -2.53. The average molecular weight is 442 g/mol. The summed E-state index contributed by atoms with van der Waals surface area (Å²) in [4.78, 5) is 23.7. The van der Waals surface area contributed by atoms with Crippen LogP contribution in [0, 0.1) is 5.82 Å². The lowest BCUT2D eigenvalue weighted by atomic mass is 9.98. The molecule has 0 aromatic heterocycles.